The van der Waals surface area contributed by atoms with Crippen LogP contribution in [0.2, 0.25) is 0 Å². The molecule has 0 aromatic carbocycles. The van der Waals surface area contributed by atoms with Crippen LogP contribution in [0.1, 0.15) is 13.3 Å². The molecule has 0 amide bonds. The molecule has 0 aliphatic carbocycles. The second kappa shape index (κ2) is 5.62. The van der Waals surface area contributed by atoms with E-state index in [0.717, 1.165) is 11.3 Å². The highest BCUT2D eigenvalue weighted by molar-refractivity contribution is 7.91. The van der Waals surface area contributed by atoms with Crippen molar-refractivity contribution >= 4 is 27.0 Å². The largest absolute Gasteiger partial charge is 0.398 e. The molecule has 5 nitrogen and oxygen atoms in total. The van der Waals surface area contributed by atoms with Gasteiger partial charge in [0.1, 0.15) is 4.21 Å². The average Bonchev–Trinajstić information content (AvgIpc) is 2.62. The van der Waals surface area contributed by atoms with Gasteiger partial charge in [-0.05, 0) is 19.4 Å². The molecular formula is C9H16N2O3S2. The molecule has 0 saturated heterocycles. The van der Waals surface area contributed by atoms with Gasteiger partial charge in [0, 0.05) is 30.8 Å². The summed E-state index contributed by atoms with van der Waals surface area (Å²) in [7, 11) is -1.85. The predicted molar refractivity (Wildman–Crippen MR) is 65.0 cm³/mol. The van der Waals surface area contributed by atoms with Gasteiger partial charge in [-0.2, -0.15) is 0 Å². The van der Waals surface area contributed by atoms with E-state index in [4.69, 9.17) is 10.5 Å². The second-order valence-corrected chi connectivity index (χ2v) is 6.35. The van der Waals surface area contributed by atoms with Crippen LogP contribution in [0.5, 0.6) is 0 Å². The maximum atomic E-state index is 11.8. The van der Waals surface area contributed by atoms with Gasteiger partial charge < -0.3 is 10.5 Å². The summed E-state index contributed by atoms with van der Waals surface area (Å²) in [5.74, 6) is 0. The first kappa shape index (κ1) is 13.4. The van der Waals surface area contributed by atoms with Crippen molar-refractivity contribution in [2.45, 2.75) is 23.6 Å². The van der Waals surface area contributed by atoms with E-state index >= 15 is 0 Å². The third kappa shape index (κ3) is 3.75. The fourth-order valence-corrected chi connectivity index (χ4v) is 3.52. The van der Waals surface area contributed by atoms with E-state index in [2.05, 4.69) is 4.72 Å². The standard InChI is InChI=1S/C9H16N2O3S2/c1-7(3-4-14-2)11-16(12,13)9-5-8(10)6-15-9/h5-7,11H,3-4,10H2,1-2H3. The van der Waals surface area contributed by atoms with Crippen molar-refractivity contribution in [3.63, 3.8) is 0 Å². The molecule has 1 atom stereocenters. The van der Waals surface area contributed by atoms with Crippen LogP contribution in [0.4, 0.5) is 5.69 Å². The highest BCUT2D eigenvalue weighted by atomic mass is 32.2. The lowest BCUT2D eigenvalue weighted by Gasteiger charge is -2.12. The van der Waals surface area contributed by atoms with E-state index in [-0.39, 0.29) is 10.3 Å². The van der Waals surface area contributed by atoms with Gasteiger partial charge >= 0.3 is 0 Å². The zero-order chi connectivity index (χ0) is 12.2. The van der Waals surface area contributed by atoms with Crippen LogP contribution < -0.4 is 10.5 Å². The Bertz CT molecular complexity index is 428. The van der Waals surface area contributed by atoms with E-state index in [1.807, 2.05) is 0 Å². The van der Waals surface area contributed by atoms with Crippen LogP contribution in [-0.4, -0.2) is 28.2 Å². The Kier molecular flexibility index (Phi) is 4.72. The molecule has 0 saturated carbocycles. The number of ether oxygens (including phenoxy) is 1. The number of methoxy groups -OCH3 is 1. The van der Waals surface area contributed by atoms with Crippen molar-refractivity contribution in [3.05, 3.63) is 11.4 Å². The summed E-state index contributed by atoms with van der Waals surface area (Å²) in [5.41, 5.74) is 5.95. The van der Waals surface area contributed by atoms with Gasteiger partial charge in [-0.15, -0.1) is 11.3 Å². The minimum Gasteiger partial charge on any atom is -0.398 e. The Morgan fingerprint density at radius 1 is 1.62 bits per heavy atom. The molecule has 0 spiro atoms. The first-order valence-electron chi connectivity index (χ1n) is 4.81. The lowest BCUT2D eigenvalue weighted by Crippen LogP contribution is -2.32. The summed E-state index contributed by atoms with van der Waals surface area (Å²) >= 11 is 1.12. The van der Waals surface area contributed by atoms with Crippen molar-refractivity contribution in [1.82, 2.24) is 4.72 Å². The Morgan fingerprint density at radius 3 is 2.81 bits per heavy atom. The molecule has 0 fully saturated rings. The maximum Gasteiger partial charge on any atom is 0.250 e. The summed E-state index contributed by atoms with van der Waals surface area (Å²) < 4.78 is 31.3. The number of nitrogens with two attached hydrogens (primary N) is 1. The van der Waals surface area contributed by atoms with Crippen LogP contribution in [0.15, 0.2) is 15.7 Å². The van der Waals surface area contributed by atoms with E-state index < -0.39 is 10.0 Å². The smallest absolute Gasteiger partial charge is 0.250 e. The number of anilines is 1. The molecule has 16 heavy (non-hydrogen) atoms. The van der Waals surface area contributed by atoms with Crippen molar-refractivity contribution in [1.29, 1.82) is 0 Å². The molecule has 1 aromatic rings. The highest BCUT2D eigenvalue weighted by Gasteiger charge is 2.18. The average molecular weight is 264 g/mol. The van der Waals surface area contributed by atoms with Crippen molar-refractivity contribution in [2.75, 3.05) is 19.5 Å². The number of rotatable bonds is 6. The summed E-state index contributed by atoms with van der Waals surface area (Å²) in [4.78, 5) is 0. The highest BCUT2D eigenvalue weighted by Crippen LogP contribution is 2.21. The Hall–Kier alpha value is -0.630. The molecule has 0 aliphatic rings. The monoisotopic (exact) mass is 264 g/mol. The molecule has 1 unspecified atom stereocenters. The van der Waals surface area contributed by atoms with Crippen LogP contribution in [0, 0.1) is 0 Å². The summed E-state index contributed by atoms with van der Waals surface area (Å²) in [6, 6.07) is 1.30. The third-order valence-corrected chi connectivity index (χ3v) is 5.02. The second-order valence-electron chi connectivity index (χ2n) is 3.50. The van der Waals surface area contributed by atoms with Crippen LogP contribution >= 0.6 is 11.3 Å². The number of nitrogens with one attached hydrogen (secondary N) is 1. The molecule has 0 bridgehead atoms. The molecule has 92 valence electrons. The number of thiophene rings is 1. The molecule has 0 aliphatic heterocycles. The number of hydrogen-bond donors (Lipinski definition) is 2. The van der Waals surface area contributed by atoms with Crippen LogP contribution in [0.25, 0.3) is 0 Å². The topological polar surface area (TPSA) is 81.4 Å². The van der Waals surface area contributed by atoms with Gasteiger partial charge in [0.15, 0.2) is 0 Å². The van der Waals surface area contributed by atoms with E-state index in [9.17, 15) is 8.42 Å². The Balaban J connectivity index is 2.65. The minimum absolute atomic E-state index is 0.159. The molecule has 0 radical (unpaired) electrons. The zero-order valence-corrected chi connectivity index (χ0v) is 10.9. The van der Waals surface area contributed by atoms with Crippen molar-refractivity contribution in [3.8, 4) is 0 Å². The van der Waals surface area contributed by atoms with Gasteiger partial charge in [0.25, 0.3) is 0 Å². The molecule has 1 heterocycles. The van der Waals surface area contributed by atoms with Gasteiger partial charge in [0.05, 0.1) is 0 Å². The van der Waals surface area contributed by atoms with Crippen molar-refractivity contribution in [2.24, 2.45) is 0 Å². The summed E-state index contributed by atoms with van der Waals surface area (Å²) in [6.45, 7) is 2.32. The quantitative estimate of drug-likeness (QED) is 0.804. The first-order valence-corrected chi connectivity index (χ1v) is 7.17. The van der Waals surface area contributed by atoms with Crippen LogP contribution in [0.3, 0.4) is 0 Å². The predicted octanol–water partition coefficient (Wildman–Crippen LogP) is 1.03. The maximum absolute atomic E-state index is 11.8. The third-order valence-electron chi connectivity index (χ3n) is 1.97. The van der Waals surface area contributed by atoms with Gasteiger partial charge in [0.2, 0.25) is 10.0 Å². The lowest BCUT2D eigenvalue weighted by molar-refractivity contribution is 0.188. The van der Waals surface area contributed by atoms with Gasteiger partial charge in [-0.1, -0.05) is 0 Å². The molecule has 3 N–H and O–H groups in total. The SMILES string of the molecule is COCCC(C)NS(=O)(=O)c1cc(N)cs1. The first-order chi connectivity index (χ1) is 7.45. The molecule has 7 heteroatoms. The van der Waals surface area contributed by atoms with E-state index in [1.54, 1.807) is 19.4 Å². The molecule has 1 rings (SSSR count). The summed E-state index contributed by atoms with van der Waals surface area (Å²) in [6.07, 6.45) is 0.636. The number of sulfonamides is 1. The van der Waals surface area contributed by atoms with Crippen molar-refractivity contribution < 1.29 is 13.2 Å². The summed E-state index contributed by atoms with van der Waals surface area (Å²) in [5, 5.41) is 1.61. The Morgan fingerprint density at radius 2 is 2.31 bits per heavy atom. The van der Waals surface area contributed by atoms with E-state index in [1.165, 1.54) is 6.07 Å². The number of hydrogen-bond acceptors (Lipinski definition) is 5. The number of nitrogen functional groups attached to an aromatic ring is 1. The van der Waals surface area contributed by atoms with Gasteiger partial charge in [-0.3, -0.25) is 0 Å². The van der Waals surface area contributed by atoms with Gasteiger partial charge in [-0.25, -0.2) is 13.1 Å². The minimum atomic E-state index is -3.44. The fraction of sp³-hybridized carbons (Fsp3) is 0.556. The fourth-order valence-electron chi connectivity index (χ4n) is 1.15. The van der Waals surface area contributed by atoms with E-state index in [0.29, 0.717) is 18.7 Å². The zero-order valence-electron chi connectivity index (χ0n) is 9.26. The lowest BCUT2D eigenvalue weighted by atomic mass is 10.3. The Labute approximate surface area is 99.7 Å². The normalized spacial score (nSPS) is 13.9. The molecule has 1 aromatic heterocycles. The van der Waals surface area contributed by atoms with Crippen LogP contribution in [-0.2, 0) is 14.8 Å². The molecular weight excluding hydrogens is 248 g/mol.